The molecule has 0 fully saturated rings. The van der Waals surface area contributed by atoms with Crippen molar-refractivity contribution in [3.63, 3.8) is 0 Å². The second-order valence-corrected chi connectivity index (χ2v) is 6.80. The van der Waals surface area contributed by atoms with E-state index in [0.29, 0.717) is 11.3 Å². The minimum absolute atomic E-state index is 0.00472. The van der Waals surface area contributed by atoms with Crippen LogP contribution in [-0.4, -0.2) is 21.0 Å². The van der Waals surface area contributed by atoms with Gasteiger partial charge in [0, 0.05) is 11.1 Å². The Morgan fingerprint density at radius 1 is 0.909 bits per heavy atom. The van der Waals surface area contributed by atoms with Crippen LogP contribution in [0.3, 0.4) is 0 Å². The number of ketones is 1. The molecule has 0 saturated carbocycles. The Labute approximate surface area is 126 Å². The fraction of sp³-hybridized carbons (Fsp3) is 0.0625. The van der Waals surface area contributed by atoms with Crippen LogP contribution in [0.25, 0.3) is 5.76 Å². The molecule has 2 aromatic carbocycles. The van der Waals surface area contributed by atoms with Crippen molar-refractivity contribution in [2.75, 3.05) is 6.79 Å². The van der Waals surface area contributed by atoms with Crippen molar-refractivity contribution in [3.8, 4) is 0 Å². The van der Waals surface area contributed by atoms with Crippen LogP contribution in [0.1, 0.15) is 21.5 Å². The van der Waals surface area contributed by atoms with E-state index in [4.69, 9.17) is 9.47 Å². The summed E-state index contributed by atoms with van der Waals surface area (Å²) in [6.07, 6.45) is 1.38. The van der Waals surface area contributed by atoms with E-state index in [1.165, 1.54) is 24.5 Å². The molecule has 0 amide bonds. The number of sulfone groups is 1. The van der Waals surface area contributed by atoms with Gasteiger partial charge in [-0.1, -0.05) is 24.3 Å². The van der Waals surface area contributed by atoms with Gasteiger partial charge in [-0.25, -0.2) is 8.42 Å². The van der Waals surface area contributed by atoms with Gasteiger partial charge in [0.05, 0.1) is 15.4 Å². The number of rotatable bonds is 1. The predicted octanol–water partition coefficient (Wildman–Crippen LogP) is 2.37. The highest BCUT2D eigenvalue weighted by Crippen LogP contribution is 2.38. The third kappa shape index (κ3) is 1.64. The smallest absolute Gasteiger partial charge is 0.230 e. The van der Waals surface area contributed by atoms with Crippen LogP contribution >= 0.6 is 0 Å². The number of benzene rings is 2. The molecule has 0 saturated heterocycles. The average Bonchev–Trinajstić information content (AvgIpc) is 3.07. The Balaban J connectivity index is 2.07. The van der Waals surface area contributed by atoms with E-state index in [-0.39, 0.29) is 33.5 Å². The molecule has 4 rings (SSSR count). The van der Waals surface area contributed by atoms with Gasteiger partial charge in [0.25, 0.3) is 0 Å². The molecule has 2 heterocycles. The van der Waals surface area contributed by atoms with E-state index in [9.17, 15) is 13.2 Å². The molecule has 5 nitrogen and oxygen atoms in total. The van der Waals surface area contributed by atoms with Crippen molar-refractivity contribution in [3.05, 3.63) is 65.4 Å². The zero-order chi connectivity index (χ0) is 15.3. The van der Waals surface area contributed by atoms with Crippen molar-refractivity contribution in [2.45, 2.75) is 9.79 Å². The quantitative estimate of drug-likeness (QED) is 0.689. The van der Waals surface area contributed by atoms with Crippen molar-refractivity contribution in [2.24, 2.45) is 0 Å². The van der Waals surface area contributed by atoms with E-state index in [1.807, 2.05) is 0 Å². The molecule has 0 bridgehead atoms. The third-order valence-electron chi connectivity index (χ3n) is 3.70. The lowest BCUT2D eigenvalue weighted by Gasteiger charge is -2.20. The largest absolute Gasteiger partial charge is 0.461 e. The van der Waals surface area contributed by atoms with Gasteiger partial charge in [-0.2, -0.15) is 0 Å². The van der Waals surface area contributed by atoms with Crippen molar-refractivity contribution >= 4 is 21.4 Å². The molecule has 2 aromatic rings. The molecular formula is C16H10O5S. The molecule has 0 spiro atoms. The molecule has 2 aliphatic rings. The number of carbonyl (C=O) groups is 1. The number of carbonyl (C=O) groups excluding carboxylic acids is 1. The standard InChI is InChI=1S/C16H10O5S/c17-16-11-4-1-2-6-13(11)22(18,19)14-7-3-5-10(15(14)16)12-8-20-9-21-12/h1-8H,9H2. The SMILES string of the molecule is O=C1c2ccccc2S(=O)(=O)c2cccc(C3=COCO3)c21. The summed E-state index contributed by atoms with van der Waals surface area (Å²) >= 11 is 0. The van der Waals surface area contributed by atoms with E-state index >= 15 is 0 Å². The van der Waals surface area contributed by atoms with Crippen LogP contribution in [-0.2, 0) is 19.3 Å². The van der Waals surface area contributed by atoms with Crippen LogP contribution in [0.15, 0.2) is 58.5 Å². The lowest BCUT2D eigenvalue weighted by atomic mass is 9.97. The van der Waals surface area contributed by atoms with E-state index in [2.05, 4.69) is 0 Å². The topological polar surface area (TPSA) is 69.7 Å². The molecular weight excluding hydrogens is 304 g/mol. The van der Waals surface area contributed by atoms with Gasteiger partial charge in [0.2, 0.25) is 16.6 Å². The Morgan fingerprint density at radius 2 is 1.64 bits per heavy atom. The van der Waals surface area contributed by atoms with Crippen LogP contribution in [0.2, 0.25) is 0 Å². The minimum Gasteiger partial charge on any atom is -0.461 e. The van der Waals surface area contributed by atoms with Crippen molar-refractivity contribution in [1.82, 2.24) is 0 Å². The summed E-state index contributed by atoms with van der Waals surface area (Å²) in [5.74, 6) is 0.0345. The van der Waals surface area contributed by atoms with Crippen LogP contribution in [0.4, 0.5) is 0 Å². The average molecular weight is 314 g/mol. The van der Waals surface area contributed by atoms with E-state index in [1.54, 1.807) is 24.3 Å². The first-order valence-electron chi connectivity index (χ1n) is 6.57. The number of fused-ring (bicyclic) bond motifs is 2. The van der Waals surface area contributed by atoms with Gasteiger partial charge in [0.15, 0.2) is 11.5 Å². The molecule has 0 unspecified atom stereocenters. The Bertz CT molecular complexity index is 941. The van der Waals surface area contributed by atoms with Crippen molar-refractivity contribution in [1.29, 1.82) is 0 Å². The summed E-state index contributed by atoms with van der Waals surface area (Å²) < 4.78 is 35.8. The van der Waals surface area contributed by atoms with E-state index < -0.39 is 9.84 Å². The summed E-state index contributed by atoms with van der Waals surface area (Å²) in [4.78, 5) is 12.8. The molecule has 110 valence electrons. The number of hydrogen-bond donors (Lipinski definition) is 0. The predicted molar refractivity (Wildman–Crippen MR) is 76.8 cm³/mol. The zero-order valence-corrected chi connectivity index (χ0v) is 12.1. The zero-order valence-electron chi connectivity index (χ0n) is 11.3. The molecule has 6 heteroatoms. The maximum Gasteiger partial charge on any atom is 0.230 e. The Kier molecular flexibility index (Phi) is 2.65. The fourth-order valence-electron chi connectivity index (χ4n) is 2.72. The lowest BCUT2D eigenvalue weighted by Crippen LogP contribution is -2.21. The van der Waals surface area contributed by atoms with Crippen LogP contribution < -0.4 is 0 Å². The molecule has 22 heavy (non-hydrogen) atoms. The number of hydrogen-bond acceptors (Lipinski definition) is 5. The molecule has 0 aliphatic carbocycles. The van der Waals surface area contributed by atoms with Gasteiger partial charge in [-0.3, -0.25) is 4.79 Å². The summed E-state index contributed by atoms with van der Waals surface area (Å²) in [7, 11) is -3.73. The molecule has 0 radical (unpaired) electrons. The molecule has 0 atom stereocenters. The summed E-state index contributed by atoms with van der Waals surface area (Å²) in [6, 6.07) is 10.9. The second kappa shape index (κ2) is 4.45. The monoisotopic (exact) mass is 314 g/mol. The van der Waals surface area contributed by atoms with Crippen LogP contribution in [0.5, 0.6) is 0 Å². The summed E-state index contributed by atoms with van der Waals surface area (Å²) in [6.45, 7) is 0.0521. The first kappa shape index (κ1) is 13.1. The first-order chi connectivity index (χ1) is 10.6. The first-order valence-corrected chi connectivity index (χ1v) is 8.06. The maximum atomic E-state index is 12.8. The minimum atomic E-state index is -3.73. The summed E-state index contributed by atoms with van der Waals surface area (Å²) in [5.41, 5.74) is 0.748. The molecule has 2 aliphatic heterocycles. The highest BCUT2D eigenvalue weighted by Gasteiger charge is 2.37. The lowest BCUT2D eigenvalue weighted by molar-refractivity contribution is 0.0990. The van der Waals surface area contributed by atoms with Crippen molar-refractivity contribution < 1.29 is 22.7 Å². The Hall–Kier alpha value is -2.60. The normalized spacial score (nSPS) is 17.8. The Morgan fingerprint density at radius 3 is 2.41 bits per heavy atom. The number of ether oxygens (including phenoxy) is 2. The fourth-order valence-corrected chi connectivity index (χ4v) is 4.39. The summed E-state index contributed by atoms with van der Waals surface area (Å²) in [5, 5.41) is 0. The van der Waals surface area contributed by atoms with Gasteiger partial charge >= 0.3 is 0 Å². The van der Waals surface area contributed by atoms with Crippen LogP contribution in [0, 0.1) is 0 Å². The highest BCUT2D eigenvalue weighted by molar-refractivity contribution is 7.91. The molecule has 0 N–H and O–H groups in total. The van der Waals surface area contributed by atoms with Gasteiger partial charge in [0.1, 0.15) is 6.26 Å². The highest BCUT2D eigenvalue weighted by atomic mass is 32.2. The van der Waals surface area contributed by atoms with Gasteiger partial charge < -0.3 is 9.47 Å². The van der Waals surface area contributed by atoms with E-state index in [0.717, 1.165) is 0 Å². The third-order valence-corrected chi connectivity index (χ3v) is 5.56. The molecule has 0 aromatic heterocycles. The van der Waals surface area contributed by atoms with Gasteiger partial charge in [-0.05, 0) is 18.2 Å². The maximum absolute atomic E-state index is 12.8. The second-order valence-electron chi connectivity index (χ2n) is 4.92. The van der Waals surface area contributed by atoms with Gasteiger partial charge in [-0.15, -0.1) is 0 Å².